The predicted molar refractivity (Wildman–Crippen MR) is 64.8 cm³/mol. The first-order valence-electron chi connectivity index (χ1n) is 4.98. The lowest BCUT2D eigenvalue weighted by atomic mass is 9.95. The Morgan fingerprint density at radius 1 is 1.53 bits per heavy atom. The molecule has 0 aliphatic carbocycles. The third-order valence-corrected chi connectivity index (χ3v) is 3.84. The van der Waals surface area contributed by atoms with Crippen molar-refractivity contribution in [3.05, 3.63) is 18.3 Å². The Morgan fingerprint density at radius 2 is 2.20 bits per heavy atom. The standard InChI is InChI=1S/C11H18N2OS/c1-8(2)11(3,14)7-15-9-4-5-10(12)13-6-9/h4-6,8,14H,7H2,1-3H3,(H2,12,13). The van der Waals surface area contributed by atoms with Gasteiger partial charge in [0.15, 0.2) is 0 Å². The Bertz CT molecular complexity index is 309. The van der Waals surface area contributed by atoms with E-state index >= 15 is 0 Å². The monoisotopic (exact) mass is 226 g/mol. The number of pyridine rings is 1. The second-order valence-electron chi connectivity index (χ2n) is 4.22. The summed E-state index contributed by atoms with van der Waals surface area (Å²) in [6.07, 6.45) is 1.73. The number of aliphatic hydroxyl groups is 1. The quantitative estimate of drug-likeness (QED) is 0.772. The number of anilines is 1. The van der Waals surface area contributed by atoms with Crippen molar-refractivity contribution in [3.63, 3.8) is 0 Å². The lowest BCUT2D eigenvalue weighted by Crippen LogP contribution is -2.33. The van der Waals surface area contributed by atoms with E-state index in [1.165, 1.54) is 0 Å². The number of nitrogens with zero attached hydrogens (tertiary/aromatic N) is 1. The van der Waals surface area contributed by atoms with Crippen molar-refractivity contribution in [2.45, 2.75) is 31.3 Å². The summed E-state index contributed by atoms with van der Waals surface area (Å²) in [6, 6.07) is 3.69. The number of aromatic nitrogens is 1. The van der Waals surface area contributed by atoms with E-state index < -0.39 is 5.60 Å². The lowest BCUT2D eigenvalue weighted by Gasteiger charge is -2.27. The van der Waals surface area contributed by atoms with Gasteiger partial charge in [-0.1, -0.05) is 13.8 Å². The minimum absolute atomic E-state index is 0.242. The number of nitrogens with two attached hydrogens (primary N) is 1. The van der Waals surface area contributed by atoms with E-state index in [2.05, 4.69) is 4.98 Å². The van der Waals surface area contributed by atoms with Gasteiger partial charge in [0.05, 0.1) is 5.60 Å². The van der Waals surface area contributed by atoms with Crippen LogP contribution in [0.3, 0.4) is 0 Å². The highest BCUT2D eigenvalue weighted by atomic mass is 32.2. The van der Waals surface area contributed by atoms with Gasteiger partial charge in [0, 0.05) is 16.8 Å². The molecule has 1 rings (SSSR count). The van der Waals surface area contributed by atoms with Crippen LogP contribution in [-0.2, 0) is 0 Å². The highest BCUT2D eigenvalue weighted by Gasteiger charge is 2.24. The summed E-state index contributed by atoms with van der Waals surface area (Å²) < 4.78 is 0. The van der Waals surface area contributed by atoms with Gasteiger partial charge >= 0.3 is 0 Å². The molecule has 0 radical (unpaired) electrons. The van der Waals surface area contributed by atoms with Crippen LogP contribution in [0.4, 0.5) is 5.82 Å². The van der Waals surface area contributed by atoms with Gasteiger partial charge < -0.3 is 10.8 Å². The second kappa shape index (κ2) is 4.86. The summed E-state index contributed by atoms with van der Waals surface area (Å²) in [5.41, 5.74) is 4.84. The normalized spacial score (nSPS) is 15.3. The van der Waals surface area contributed by atoms with Crippen molar-refractivity contribution in [1.82, 2.24) is 4.98 Å². The van der Waals surface area contributed by atoms with Gasteiger partial charge in [0.2, 0.25) is 0 Å². The van der Waals surface area contributed by atoms with Crippen molar-refractivity contribution in [2.75, 3.05) is 11.5 Å². The predicted octanol–water partition coefficient (Wildman–Crippen LogP) is 2.16. The molecule has 0 bridgehead atoms. The highest BCUT2D eigenvalue weighted by molar-refractivity contribution is 7.99. The Hall–Kier alpha value is -0.740. The van der Waals surface area contributed by atoms with Gasteiger partial charge in [-0.3, -0.25) is 0 Å². The summed E-state index contributed by atoms with van der Waals surface area (Å²) in [6.45, 7) is 5.89. The minimum Gasteiger partial charge on any atom is -0.389 e. The topological polar surface area (TPSA) is 59.1 Å². The molecule has 0 aromatic carbocycles. The van der Waals surface area contributed by atoms with Crippen LogP contribution in [-0.4, -0.2) is 21.4 Å². The lowest BCUT2D eigenvalue weighted by molar-refractivity contribution is 0.0376. The van der Waals surface area contributed by atoms with E-state index in [1.807, 2.05) is 26.8 Å². The number of hydrogen-bond acceptors (Lipinski definition) is 4. The van der Waals surface area contributed by atoms with Crippen molar-refractivity contribution in [2.24, 2.45) is 5.92 Å². The van der Waals surface area contributed by atoms with E-state index in [1.54, 1.807) is 24.0 Å². The van der Waals surface area contributed by atoms with Gasteiger partial charge in [-0.2, -0.15) is 0 Å². The summed E-state index contributed by atoms with van der Waals surface area (Å²) in [5.74, 6) is 1.43. The molecule has 0 amide bonds. The van der Waals surface area contributed by atoms with Crippen molar-refractivity contribution in [1.29, 1.82) is 0 Å². The average Bonchev–Trinajstić information content (AvgIpc) is 2.17. The molecular formula is C11H18N2OS. The van der Waals surface area contributed by atoms with E-state index in [0.29, 0.717) is 11.6 Å². The molecule has 1 atom stereocenters. The molecule has 15 heavy (non-hydrogen) atoms. The van der Waals surface area contributed by atoms with Crippen LogP contribution in [0.15, 0.2) is 23.2 Å². The maximum atomic E-state index is 10.0. The van der Waals surface area contributed by atoms with Crippen LogP contribution < -0.4 is 5.73 Å². The molecular weight excluding hydrogens is 208 g/mol. The summed E-state index contributed by atoms with van der Waals surface area (Å²) in [4.78, 5) is 5.03. The van der Waals surface area contributed by atoms with Crippen molar-refractivity contribution < 1.29 is 5.11 Å². The molecule has 0 spiro atoms. The second-order valence-corrected chi connectivity index (χ2v) is 5.27. The van der Waals surface area contributed by atoms with Crippen LogP contribution >= 0.6 is 11.8 Å². The zero-order chi connectivity index (χ0) is 11.5. The molecule has 0 aliphatic rings. The molecule has 84 valence electrons. The van der Waals surface area contributed by atoms with Crippen LogP contribution in [0.5, 0.6) is 0 Å². The third kappa shape index (κ3) is 3.72. The summed E-state index contributed by atoms with van der Waals surface area (Å²) in [5, 5.41) is 10.0. The van der Waals surface area contributed by atoms with Crippen LogP contribution in [0, 0.1) is 5.92 Å². The molecule has 4 heteroatoms. The Kier molecular flexibility index (Phi) is 3.99. The minimum atomic E-state index is -0.647. The summed E-state index contributed by atoms with van der Waals surface area (Å²) >= 11 is 1.60. The molecule has 1 aromatic rings. The first kappa shape index (κ1) is 12.3. The van der Waals surface area contributed by atoms with Gasteiger partial charge in [-0.25, -0.2) is 4.98 Å². The van der Waals surface area contributed by atoms with Crippen LogP contribution in [0.25, 0.3) is 0 Å². The molecule has 3 N–H and O–H groups in total. The first-order chi connectivity index (χ1) is 6.92. The Balaban J connectivity index is 2.54. The maximum Gasteiger partial charge on any atom is 0.123 e. The fraction of sp³-hybridized carbons (Fsp3) is 0.545. The number of rotatable bonds is 4. The molecule has 1 aromatic heterocycles. The largest absolute Gasteiger partial charge is 0.389 e. The van der Waals surface area contributed by atoms with Gasteiger partial charge in [-0.05, 0) is 25.0 Å². The van der Waals surface area contributed by atoms with E-state index in [0.717, 1.165) is 4.90 Å². The molecule has 0 fully saturated rings. The van der Waals surface area contributed by atoms with E-state index in [4.69, 9.17) is 5.73 Å². The third-order valence-electron chi connectivity index (χ3n) is 2.53. The first-order valence-corrected chi connectivity index (χ1v) is 5.97. The molecule has 1 unspecified atom stereocenters. The number of nitrogen functional groups attached to an aromatic ring is 1. The number of thioether (sulfide) groups is 1. The summed E-state index contributed by atoms with van der Waals surface area (Å²) in [7, 11) is 0. The van der Waals surface area contributed by atoms with Gasteiger partial charge in [-0.15, -0.1) is 11.8 Å². The highest BCUT2D eigenvalue weighted by Crippen LogP contribution is 2.26. The van der Waals surface area contributed by atoms with Gasteiger partial charge in [0.25, 0.3) is 0 Å². The molecule has 0 saturated carbocycles. The maximum absolute atomic E-state index is 10.0. The SMILES string of the molecule is CC(C)C(C)(O)CSc1ccc(N)nc1. The van der Waals surface area contributed by atoms with Crippen LogP contribution in [0.2, 0.25) is 0 Å². The van der Waals surface area contributed by atoms with Crippen molar-refractivity contribution in [3.8, 4) is 0 Å². The Labute approximate surface area is 95.1 Å². The number of hydrogen-bond donors (Lipinski definition) is 2. The van der Waals surface area contributed by atoms with Crippen LogP contribution in [0.1, 0.15) is 20.8 Å². The van der Waals surface area contributed by atoms with Gasteiger partial charge in [0.1, 0.15) is 5.82 Å². The fourth-order valence-electron chi connectivity index (χ4n) is 0.873. The zero-order valence-corrected chi connectivity index (χ0v) is 10.2. The van der Waals surface area contributed by atoms with Crippen molar-refractivity contribution >= 4 is 17.6 Å². The molecule has 3 nitrogen and oxygen atoms in total. The zero-order valence-electron chi connectivity index (χ0n) is 9.40. The molecule has 0 aliphatic heterocycles. The average molecular weight is 226 g/mol. The molecule has 0 saturated heterocycles. The van der Waals surface area contributed by atoms with E-state index in [9.17, 15) is 5.11 Å². The molecule has 1 heterocycles. The fourth-order valence-corrected chi connectivity index (χ4v) is 1.96. The Morgan fingerprint density at radius 3 is 2.67 bits per heavy atom. The smallest absolute Gasteiger partial charge is 0.123 e. The van der Waals surface area contributed by atoms with E-state index in [-0.39, 0.29) is 5.92 Å².